The summed E-state index contributed by atoms with van der Waals surface area (Å²) >= 11 is 0. The minimum atomic E-state index is 0.551. The minimum Gasteiger partial charge on any atom is -0.310 e. The van der Waals surface area contributed by atoms with E-state index in [1.807, 2.05) is 0 Å². The zero-order chi connectivity index (χ0) is 29.7. The Morgan fingerprint density at radius 1 is 0.477 bits per heavy atom. The van der Waals surface area contributed by atoms with E-state index in [0.29, 0.717) is 5.92 Å². The zero-order valence-corrected chi connectivity index (χ0v) is 25.0. The molecular weight excluding hydrogens is 530 g/mol. The average molecular weight is 566 g/mol. The van der Waals surface area contributed by atoms with Gasteiger partial charge in [-0.25, -0.2) is 0 Å². The SMILES string of the molecule is CC1C=C(c2cccc(-c3ccccc3N(c3cccc(-c4ccccc4)c3)c3cccc(-c4ccccc4)c3)c2)C=CC1. The fraction of sp³-hybridized carbons (Fsp3) is 0.0698. The van der Waals surface area contributed by atoms with Crippen LogP contribution in [-0.4, -0.2) is 0 Å². The van der Waals surface area contributed by atoms with Crippen molar-refractivity contribution >= 4 is 22.6 Å². The number of benzene rings is 6. The molecule has 0 saturated carbocycles. The third-order valence-corrected chi connectivity index (χ3v) is 8.34. The van der Waals surface area contributed by atoms with E-state index in [9.17, 15) is 0 Å². The first-order valence-electron chi connectivity index (χ1n) is 15.4. The third kappa shape index (κ3) is 5.78. The first-order chi connectivity index (χ1) is 21.7. The van der Waals surface area contributed by atoms with Crippen LogP contribution in [-0.2, 0) is 0 Å². The maximum absolute atomic E-state index is 2.41. The van der Waals surface area contributed by atoms with Crippen LogP contribution in [0.25, 0.3) is 39.0 Å². The highest BCUT2D eigenvalue weighted by Crippen LogP contribution is 2.43. The van der Waals surface area contributed by atoms with E-state index < -0.39 is 0 Å². The second-order valence-electron chi connectivity index (χ2n) is 11.5. The van der Waals surface area contributed by atoms with Crippen LogP contribution in [0, 0.1) is 5.92 Å². The minimum absolute atomic E-state index is 0.551. The van der Waals surface area contributed by atoms with Crippen LogP contribution in [0.4, 0.5) is 17.1 Å². The molecule has 1 heteroatoms. The molecule has 1 aliphatic carbocycles. The Bertz CT molecular complexity index is 1870. The highest BCUT2D eigenvalue weighted by molar-refractivity contribution is 5.91. The first kappa shape index (κ1) is 27.4. The molecule has 212 valence electrons. The molecule has 0 aliphatic heterocycles. The largest absolute Gasteiger partial charge is 0.310 e. The van der Waals surface area contributed by atoms with Gasteiger partial charge in [0.2, 0.25) is 0 Å². The standard InChI is InChI=1S/C43H35N/c1-32-14-10-19-35(28-32)36-20-11-23-39(29-36)42-26-8-9-27-43(42)44(40-24-12-21-37(30-40)33-15-4-2-5-16-33)41-25-13-22-38(31-41)34-17-6-3-7-18-34/h2-13,15-32H,14H2,1H3. The van der Waals surface area contributed by atoms with E-state index in [-0.39, 0.29) is 0 Å². The zero-order valence-electron chi connectivity index (χ0n) is 25.0. The van der Waals surface area contributed by atoms with Crippen LogP contribution in [0.2, 0.25) is 0 Å². The predicted octanol–water partition coefficient (Wildman–Crippen LogP) is 12.1. The summed E-state index contributed by atoms with van der Waals surface area (Å²) in [6.45, 7) is 2.29. The lowest BCUT2D eigenvalue weighted by Crippen LogP contribution is -2.11. The summed E-state index contributed by atoms with van der Waals surface area (Å²) in [5.74, 6) is 0.551. The van der Waals surface area contributed by atoms with Gasteiger partial charge >= 0.3 is 0 Å². The van der Waals surface area contributed by atoms with Gasteiger partial charge in [0, 0.05) is 16.9 Å². The molecule has 0 amide bonds. The maximum Gasteiger partial charge on any atom is 0.0540 e. The molecule has 1 nitrogen and oxygen atoms in total. The molecule has 0 bridgehead atoms. The molecule has 0 N–H and O–H groups in total. The quantitative estimate of drug-likeness (QED) is 0.186. The molecule has 7 rings (SSSR count). The summed E-state index contributed by atoms with van der Waals surface area (Å²) in [6, 6.07) is 56.8. The van der Waals surface area contributed by atoms with Gasteiger partial charge in [0.25, 0.3) is 0 Å². The lowest BCUT2D eigenvalue weighted by atomic mass is 9.91. The lowest BCUT2D eigenvalue weighted by molar-refractivity contribution is 0.740. The normalized spacial score (nSPS) is 14.2. The van der Waals surface area contributed by atoms with Crippen molar-refractivity contribution in [2.24, 2.45) is 5.92 Å². The molecule has 0 spiro atoms. The molecule has 6 aromatic rings. The number of hydrogen-bond acceptors (Lipinski definition) is 1. The fourth-order valence-electron chi connectivity index (χ4n) is 6.15. The van der Waals surface area contributed by atoms with E-state index in [2.05, 4.69) is 188 Å². The molecular formula is C43H35N. The van der Waals surface area contributed by atoms with Gasteiger partial charge in [-0.1, -0.05) is 146 Å². The van der Waals surface area contributed by atoms with Gasteiger partial charge in [-0.05, 0) is 87.7 Å². The average Bonchev–Trinajstić information content (AvgIpc) is 3.10. The topological polar surface area (TPSA) is 3.24 Å². The molecule has 44 heavy (non-hydrogen) atoms. The molecule has 0 saturated heterocycles. The monoisotopic (exact) mass is 565 g/mol. The van der Waals surface area contributed by atoms with E-state index in [1.54, 1.807) is 0 Å². The molecule has 0 heterocycles. The van der Waals surface area contributed by atoms with Gasteiger partial charge in [-0.3, -0.25) is 0 Å². The van der Waals surface area contributed by atoms with Crippen LogP contribution in [0.3, 0.4) is 0 Å². The van der Waals surface area contributed by atoms with Crippen LogP contribution >= 0.6 is 0 Å². The second kappa shape index (κ2) is 12.5. The summed E-state index contributed by atoms with van der Waals surface area (Å²) in [5, 5.41) is 0. The second-order valence-corrected chi connectivity index (χ2v) is 11.5. The molecule has 6 aromatic carbocycles. The Balaban J connectivity index is 1.40. The van der Waals surface area contributed by atoms with Crippen molar-refractivity contribution in [1.82, 2.24) is 0 Å². The van der Waals surface area contributed by atoms with E-state index in [4.69, 9.17) is 0 Å². The van der Waals surface area contributed by atoms with Crippen LogP contribution in [0.15, 0.2) is 176 Å². The van der Waals surface area contributed by atoms with Crippen molar-refractivity contribution in [3.8, 4) is 33.4 Å². The highest BCUT2D eigenvalue weighted by Gasteiger charge is 2.19. The Morgan fingerprint density at radius 2 is 1.00 bits per heavy atom. The Morgan fingerprint density at radius 3 is 1.64 bits per heavy atom. The van der Waals surface area contributed by atoms with E-state index in [0.717, 1.165) is 23.5 Å². The van der Waals surface area contributed by atoms with E-state index in [1.165, 1.54) is 44.5 Å². The van der Waals surface area contributed by atoms with Gasteiger partial charge in [0.05, 0.1) is 5.69 Å². The van der Waals surface area contributed by atoms with Crippen molar-refractivity contribution in [2.75, 3.05) is 4.90 Å². The van der Waals surface area contributed by atoms with Crippen molar-refractivity contribution in [1.29, 1.82) is 0 Å². The molecule has 1 atom stereocenters. The first-order valence-corrected chi connectivity index (χ1v) is 15.4. The van der Waals surface area contributed by atoms with Crippen LogP contribution < -0.4 is 4.90 Å². The Labute approximate surface area is 261 Å². The van der Waals surface area contributed by atoms with Crippen LogP contribution in [0.5, 0.6) is 0 Å². The number of anilines is 3. The van der Waals surface area contributed by atoms with E-state index >= 15 is 0 Å². The van der Waals surface area contributed by atoms with Gasteiger partial charge in [0.1, 0.15) is 0 Å². The summed E-state index contributed by atoms with van der Waals surface area (Å²) in [7, 11) is 0. The number of hydrogen-bond donors (Lipinski definition) is 0. The Hall–Kier alpha value is -5.40. The molecule has 0 radical (unpaired) electrons. The van der Waals surface area contributed by atoms with Crippen molar-refractivity contribution < 1.29 is 0 Å². The molecule has 1 unspecified atom stereocenters. The van der Waals surface area contributed by atoms with Crippen molar-refractivity contribution in [2.45, 2.75) is 13.3 Å². The number of para-hydroxylation sites is 1. The maximum atomic E-state index is 2.41. The van der Waals surface area contributed by atoms with Crippen LogP contribution in [0.1, 0.15) is 18.9 Å². The molecule has 0 fully saturated rings. The summed E-state index contributed by atoms with van der Waals surface area (Å²) < 4.78 is 0. The fourth-order valence-corrected chi connectivity index (χ4v) is 6.15. The summed E-state index contributed by atoms with van der Waals surface area (Å²) in [5.41, 5.74) is 13.1. The number of allylic oxidation sites excluding steroid dienone is 4. The van der Waals surface area contributed by atoms with Crippen molar-refractivity contribution in [3.63, 3.8) is 0 Å². The van der Waals surface area contributed by atoms with Gasteiger partial charge in [-0.2, -0.15) is 0 Å². The summed E-state index contributed by atoms with van der Waals surface area (Å²) in [4.78, 5) is 2.41. The molecule has 1 aliphatic rings. The Kier molecular flexibility index (Phi) is 7.76. The van der Waals surface area contributed by atoms with Gasteiger partial charge in [-0.15, -0.1) is 0 Å². The molecule has 0 aromatic heterocycles. The smallest absolute Gasteiger partial charge is 0.0540 e. The third-order valence-electron chi connectivity index (χ3n) is 8.34. The number of rotatable bonds is 7. The lowest BCUT2D eigenvalue weighted by Gasteiger charge is -2.29. The van der Waals surface area contributed by atoms with Gasteiger partial charge < -0.3 is 4.90 Å². The van der Waals surface area contributed by atoms with Gasteiger partial charge in [0.15, 0.2) is 0 Å². The number of nitrogens with zero attached hydrogens (tertiary/aromatic N) is 1. The highest BCUT2D eigenvalue weighted by atomic mass is 15.1. The van der Waals surface area contributed by atoms with Crippen molar-refractivity contribution in [3.05, 3.63) is 182 Å². The predicted molar refractivity (Wildman–Crippen MR) is 188 cm³/mol. The summed E-state index contributed by atoms with van der Waals surface area (Å²) in [6.07, 6.45) is 8.05.